The van der Waals surface area contributed by atoms with E-state index < -0.39 is 6.10 Å². The van der Waals surface area contributed by atoms with Crippen LogP contribution in [-0.4, -0.2) is 37.2 Å². The number of carbonyl (C=O) groups is 3. The monoisotopic (exact) mass is 855 g/mol. The third-order valence-electron chi connectivity index (χ3n) is 9.50. The maximum Gasteiger partial charge on any atom is 0.306 e. The summed E-state index contributed by atoms with van der Waals surface area (Å²) in [6, 6.07) is 0. The van der Waals surface area contributed by atoms with Gasteiger partial charge in [0.05, 0.1) is 0 Å². The SMILES string of the molecule is CC\C=C/C=C\C=C/C=C\C=C/CCCCCC(=O)OC(COC(=O)CCC/C=C\C/C=C\C/C=C\CCCCCCCC)COC(=O)CCCC/C=C\C/C=C\C/C=C\CC. The molecule has 6 nitrogen and oxygen atoms in total. The summed E-state index contributed by atoms with van der Waals surface area (Å²) in [5.41, 5.74) is 0. The van der Waals surface area contributed by atoms with Crippen LogP contribution in [0.15, 0.2) is 134 Å². The molecule has 0 aliphatic carbocycles. The molecule has 0 aliphatic rings. The molecule has 0 saturated carbocycles. The lowest BCUT2D eigenvalue weighted by molar-refractivity contribution is -0.167. The van der Waals surface area contributed by atoms with Crippen LogP contribution in [-0.2, 0) is 28.6 Å². The average molecular weight is 855 g/mol. The molecule has 6 heteroatoms. The van der Waals surface area contributed by atoms with Gasteiger partial charge in [0.25, 0.3) is 0 Å². The summed E-state index contributed by atoms with van der Waals surface area (Å²) < 4.78 is 16.6. The van der Waals surface area contributed by atoms with Gasteiger partial charge in [0.2, 0.25) is 0 Å². The Morgan fingerprint density at radius 1 is 0.355 bits per heavy atom. The maximum atomic E-state index is 12.7. The molecular formula is C56H86O6. The number of rotatable bonds is 41. The number of unbranched alkanes of at least 4 members (excludes halogenated alkanes) is 12. The van der Waals surface area contributed by atoms with Gasteiger partial charge in [-0.15, -0.1) is 0 Å². The average Bonchev–Trinajstić information content (AvgIpc) is 3.27. The van der Waals surface area contributed by atoms with E-state index in [1.165, 1.54) is 44.9 Å². The Kier molecular flexibility index (Phi) is 45.7. The molecule has 1 atom stereocenters. The van der Waals surface area contributed by atoms with Crippen LogP contribution in [0.3, 0.4) is 0 Å². The van der Waals surface area contributed by atoms with Crippen LogP contribution in [0.2, 0.25) is 0 Å². The fourth-order valence-corrected chi connectivity index (χ4v) is 5.90. The highest BCUT2D eigenvalue weighted by Crippen LogP contribution is 2.10. The lowest BCUT2D eigenvalue weighted by Crippen LogP contribution is -2.30. The zero-order valence-electron chi connectivity index (χ0n) is 39.3. The van der Waals surface area contributed by atoms with Crippen molar-refractivity contribution in [2.45, 2.75) is 187 Å². The van der Waals surface area contributed by atoms with Crippen molar-refractivity contribution < 1.29 is 28.6 Å². The number of hydrogen-bond acceptors (Lipinski definition) is 6. The predicted molar refractivity (Wildman–Crippen MR) is 265 cm³/mol. The zero-order chi connectivity index (χ0) is 45.1. The third-order valence-corrected chi connectivity index (χ3v) is 9.50. The van der Waals surface area contributed by atoms with E-state index in [1.54, 1.807) is 0 Å². The van der Waals surface area contributed by atoms with E-state index >= 15 is 0 Å². The lowest BCUT2D eigenvalue weighted by Gasteiger charge is -2.18. The molecule has 0 bridgehead atoms. The first-order valence-electron chi connectivity index (χ1n) is 24.3. The molecule has 0 N–H and O–H groups in total. The molecule has 346 valence electrons. The minimum atomic E-state index is -0.840. The third kappa shape index (κ3) is 46.6. The van der Waals surface area contributed by atoms with Crippen LogP contribution in [0, 0.1) is 0 Å². The molecule has 0 spiro atoms. The summed E-state index contributed by atoms with van der Waals surface area (Å²) in [7, 11) is 0. The van der Waals surface area contributed by atoms with Crippen LogP contribution >= 0.6 is 0 Å². The largest absolute Gasteiger partial charge is 0.462 e. The van der Waals surface area contributed by atoms with E-state index in [1.807, 2.05) is 48.6 Å². The Hall–Kier alpha value is -4.45. The Morgan fingerprint density at radius 2 is 0.726 bits per heavy atom. The van der Waals surface area contributed by atoms with E-state index in [9.17, 15) is 14.4 Å². The maximum absolute atomic E-state index is 12.7. The second kappa shape index (κ2) is 49.2. The number of esters is 3. The molecule has 0 amide bonds. The van der Waals surface area contributed by atoms with Crippen molar-refractivity contribution in [3.63, 3.8) is 0 Å². The molecule has 0 aliphatic heterocycles. The van der Waals surface area contributed by atoms with Gasteiger partial charge in [0.1, 0.15) is 13.2 Å². The van der Waals surface area contributed by atoms with Gasteiger partial charge in [-0.25, -0.2) is 0 Å². The summed E-state index contributed by atoms with van der Waals surface area (Å²) >= 11 is 0. The van der Waals surface area contributed by atoms with Gasteiger partial charge in [0.15, 0.2) is 6.10 Å². The standard InChI is InChI=1S/C56H86O6/c1-4-7-10-13-16-19-22-25-27-28-30-31-34-37-40-43-46-49-55(58)61-52-53(51-60-54(57)48-45-42-39-36-33-24-21-18-15-12-9-6-3)62-56(59)50-47-44-41-38-35-32-29-26-23-20-17-14-11-8-5-2/h8-9,11-12,14,17-18,20-21,23,25-27,29-33,35-37,40,53H,4-7,10,13,15-16,19,22,24,28,34,38-39,41-52H2,1-3H3/b11-8-,12-9-,17-14-,21-18-,23-20-,27-25-,29-26-,31-30-,35-32-,36-33-,40-37-. The van der Waals surface area contributed by atoms with Crippen LogP contribution in [0.1, 0.15) is 181 Å². The van der Waals surface area contributed by atoms with Crippen molar-refractivity contribution in [3.8, 4) is 0 Å². The second-order valence-corrected chi connectivity index (χ2v) is 15.4. The number of carbonyl (C=O) groups excluding carboxylic acids is 3. The van der Waals surface area contributed by atoms with Crippen molar-refractivity contribution in [3.05, 3.63) is 134 Å². The van der Waals surface area contributed by atoms with Gasteiger partial charge in [-0.3, -0.25) is 14.4 Å². The summed E-state index contributed by atoms with van der Waals surface area (Å²) in [6.07, 6.45) is 68.7. The van der Waals surface area contributed by atoms with Crippen LogP contribution in [0.4, 0.5) is 0 Å². The van der Waals surface area contributed by atoms with E-state index in [0.29, 0.717) is 19.3 Å². The fourth-order valence-electron chi connectivity index (χ4n) is 5.90. The molecule has 0 aromatic rings. The van der Waals surface area contributed by atoms with Crippen LogP contribution < -0.4 is 0 Å². The Balaban J connectivity index is 4.62. The van der Waals surface area contributed by atoms with Crippen molar-refractivity contribution in [1.82, 2.24) is 0 Å². The smallest absolute Gasteiger partial charge is 0.306 e. The quantitative estimate of drug-likeness (QED) is 0.0200. The molecular weight excluding hydrogens is 769 g/mol. The van der Waals surface area contributed by atoms with Gasteiger partial charge in [-0.2, -0.15) is 0 Å². The summed E-state index contributed by atoms with van der Waals surface area (Å²) in [4.78, 5) is 37.8. The topological polar surface area (TPSA) is 78.9 Å². The normalized spacial score (nSPS) is 13.3. The van der Waals surface area contributed by atoms with Crippen LogP contribution in [0.25, 0.3) is 0 Å². The van der Waals surface area contributed by atoms with Gasteiger partial charge in [0, 0.05) is 19.3 Å². The van der Waals surface area contributed by atoms with E-state index in [2.05, 4.69) is 106 Å². The van der Waals surface area contributed by atoms with E-state index in [4.69, 9.17) is 14.2 Å². The molecule has 62 heavy (non-hydrogen) atoms. The first kappa shape index (κ1) is 57.5. The second-order valence-electron chi connectivity index (χ2n) is 15.4. The molecule has 0 fully saturated rings. The number of hydrogen-bond donors (Lipinski definition) is 0. The highest BCUT2D eigenvalue weighted by atomic mass is 16.6. The molecule has 1 unspecified atom stereocenters. The minimum absolute atomic E-state index is 0.137. The summed E-state index contributed by atoms with van der Waals surface area (Å²) in [6.45, 7) is 6.22. The van der Waals surface area contributed by atoms with Gasteiger partial charge >= 0.3 is 17.9 Å². The predicted octanol–water partition coefficient (Wildman–Crippen LogP) is 15.9. The molecule has 0 rings (SSSR count). The number of ether oxygens (including phenoxy) is 3. The van der Waals surface area contributed by atoms with Crippen molar-refractivity contribution >= 4 is 17.9 Å². The molecule has 0 aromatic carbocycles. The lowest BCUT2D eigenvalue weighted by atomic mass is 10.1. The molecule has 0 radical (unpaired) electrons. The number of allylic oxidation sites excluding steroid dienone is 22. The van der Waals surface area contributed by atoms with Crippen molar-refractivity contribution in [2.75, 3.05) is 13.2 Å². The van der Waals surface area contributed by atoms with Gasteiger partial charge < -0.3 is 14.2 Å². The van der Waals surface area contributed by atoms with Crippen molar-refractivity contribution in [1.29, 1.82) is 0 Å². The molecule has 0 heterocycles. The Morgan fingerprint density at radius 3 is 1.27 bits per heavy atom. The molecule has 0 aromatic heterocycles. The summed E-state index contributed by atoms with van der Waals surface area (Å²) in [5.74, 6) is -1.08. The fraction of sp³-hybridized carbons (Fsp3) is 0.554. The van der Waals surface area contributed by atoms with E-state index in [-0.39, 0.29) is 50.4 Å². The molecule has 0 saturated heterocycles. The highest BCUT2D eigenvalue weighted by Gasteiger charge is 2.19. The Labute approximate surface area is 379 Å². The minimum Gasteiger partial charge on any atom is -0.462 e. The Bertz CT molecular complexity index is 1400. The van der Waals surface area contributed by atoms with E-state index in [0.717, 1.165) is 77.0 Å². The first-order valence-corrected chi connectivity index (χ1v) is 24.3. The summed E-state index contributed by atoms with van der Waals surface area (Å²) in [5, 5.41) is 0. The van der Waals surface area contributed by atoms with Gasteiger partial charge in [-0.05, 0) is 103 Å². The zero-order valence-corrected chi connectivity index (χ0v) is 39.3. The van der Waals surface area contributed by atoms with Crippen molar-refractivity contribution in [2.24, 2.45) is 0 Å². The van der Waals surface area contributed by atoms with Crippen LogP contribution in [0.5, 0.6) is 0 Å². The van der Waals surface area contributed by atoms with Gasteiger partial charge in [-0.1, -0.05) is 193 Å². The first-order chi connectivity index (χ1) is 30.5. The highest BCUT2D eigenvalue weighted by molar-refractivity contribution is 5.71.